The van der Waals surface area contributed by atoms with Crippen LogP contribution in [0.5, 0.6) is 0 Å². The van der Waals surface area contributed by atoms with Crippen molar-refractivity contribution in [2.24, 2.45) is 0 Å². The summed E-state index contributed by atoms with van der Waals surface area (Å²) in [6, 6.07) is 2.31. The molecule has 1 aromatic carbocycles. The van der Waals surface area contributed by atoms with Crippen LogP contribution in [0.15, 0.2) is 16.6 Å². The van der Waals surface area contributed by atoms with E-state index in [9.17, 15) is 13.6 Å². The Morgan fingerprint density at radius 1 is 1.41 bits per heavy atom. The Balaban J connectivity index is 2.72. The van der Waals surface area contributed by atoms with Crippen LogP contribution in [-0.2, 0) is 4.74 Å². The lowest BCUT2D eigenvalue weighted by Crippen LogP contribution is -2.08. The van der Waals surface area contributed by atoms with E-state index in [4.69, 9.17) is 4.74 Å². The van der Waals surface area contributed by atoms with E-state index >= 15 is 0 Å². The van der Waals surface area contributed by atoms with Crippen LogP contribution in [0.3, 0.4) is 0 Å². The molecule has 5 heteroatoms. The first-order valence-electron chi connectivity index (χ1n) is 5.32. The summed E-state index contributed by atoms with van der Waals surface area (Å²) in [6.45, 7) is 2.82. The molecule has 2 nitrogen and oxygen atoms in total. The minimum Gasteiger partial charge on any atom is -0.382 e. The Morgan fingerprint density at radius 2 is 2.12 bits per heavy atom. The Morgan fingerprint density at radius 3 is 2.76 bits per heavy atom. The second-order valence-electron chi connectivity index (χ2n) is 3.44. The predicted octanol–water partition coefficient (Wildman–Crippen LogP) is 3.73. The van der Waals surface area contributed by atoms with Crippen molar-refractivity contribution in [3.63, 3.8) is 0 Å². The van der Waals surface area contributed by atoms with Crippen molar-refractivity contribution in [2.75, 3.05) is 13.2 Å². The van der Waals surface area contributed by atoms with Crippen LogP contribution in [-0.4, -0.2) is 19.0 Å². The highest BCUT2D eigenvalue weighted by atomic mass is 79.9. The minimum atomic E-state index is -0.841. The fraction of sp³-hybridized carbons (Fsp3) is 0.417. The van der Waals surface area contributed by atoms with Crippen LogP contribution in [0.25, 0.3) is 0 Å². The van der Waals surface area contributed by atoms with Crippen molar-refractivity contribution in [1.29, 1.82) is 0 Å². The van der Waals surface area contributed by atoms with Gasteiger partial charge in [-0.3, -0.25) is 4.79 Å². The van der Waals surface area contributed by atoms with Gasteiger partial charge in [-0.2, -0.15) is 0 Å². The molecule has 0 amide bonds. The monoisotopic (exact) mass is 306 g/mol. The first kappa shape index (κ1) is 14.3. The van der Waals surface area contributed by atoms with Crippen molar-refractivity contribution in [1.82, 2.24) is 0 Å². The summed E-state index contributed by atoms with van der Waals surface area (Å²) in [4.78, 5) is 11.6. The van der Waals surface area contributed by atoms with E-state index in [-0.39, 0.29) is 10.9 Å². The van der Waals surface area contributed by atoms with Gasteiger partial charge < -0.3 is 4.74 Å². The highest BCUT2D eigenvalue weighted by Gasteiger charge is 2.18. The van der Waals surface area contributed by atoms with E-state index < -0.39 is 23.0 Å². The number of Topliss-reactive ketones (excluding diaryl/α,β-unsaturated/α-hetero) is 1. The lowest BCUT2D eigenvalue weighted by Gasteiger charge is -2.05. The van der Waals surface area contributed by atoms with Gasteiger partial charge in [-0.25, -0.2) is 8.78 Å². The van der Waals surface area contributed by atoms with Crippen LogP contribution in [0, 0.1) is 11.6 Å². The number of halogens is 3. The number of ether oxygens (including phenoxy) is 1. The molecule has 0 aliphatic carbocycles. The SMILES string of the molecule is CCOCCCC(=O)c1c(F)ccc(Br)c1F. The molecule has 94 valence electrons. The number of ketones is 1. The molecule has 0 spiro atoms. The maximum absolute atomic E-state index is 13.5. The molecule has 0 N–H and O–H groups in total. The fourth-order valence-electron chi connectivity index (χ4n) is 1.39. The molecule has 0 unspecified atom stereocenters. The van der Waals surface area contributed by atoms with Crippen LogP contribution < -0.4 is 0 Å². The number of rotatable bonds is 6. The van der Waals surface area contributed by atoms with Crippen LogP contribution in [0.2, 0.25) is 0 Å². The van der Waals surface area contributed by atoms with E-state index in [0.717, 1.165) is 6.07 Å². The number of carbonyl (C=O) groups is 1. The third-order valence-electron chi connectivity index (χ3n) is 2.22. The zero-order chi connectivity index (χ0) is 12.8. The predicted molar refractivity (Wildman–Crippen MR) is 64.1 cm³/mol. The number of hydrogen-bond donors (Lipinski definition) is 0. The van der Waals surface area contributed by atoms with Gasteiger partial charge in [0.25, 0.3) is 0 Å². The summed E-state index contributed by atoms with van der Waals surface area (Å²) in [5.41, 5.74) is -0.476. The fourth-order valence-corrected chi connectivity index (χ4v) is 1.72. The average molecular weight is 307 g/mol. The molecule has 0 aliphatic heterocycles. The second-order valence-corrected chi connectivity index (χ2v) is 4.30. The third-order valence-corrected chi connectivity index (χ3v) is 2.83. The molecule has 1 rings (SSSR count). The smallest absolute Gasteiger partial charge is 0.168 e. The Bertz CT molecular complexity index is 408. The van der Waals surface area contributed by atoms with Crippen LogP contribution in [0.4, 0.5) is 8.78 Å². The van der Waals surface area contributed by atoms with Gasteiger partial charge in [0.15, 0.2) is 11.6 Å². The zero-order valence-electron chi connectivity index (χ0n) is 9.43. The molecule has 0 radical (unpaired) electrons. The van der Waals surface area contributed by atoms with Crippen molar-refractivity contribution < 1.29 is 18.3 Å². The molecule has 1 aromatic rings. The first-order chi connectivity index (χ1) is 8.07. The Labute approximate surface area is 107 Å². The number of carbonyl (C=O) groups excluding carboxylic acids is 1. The molecule has 0 aliphatic rings. The van der Waals surface area contributed by atoms with Gasteiger partial charge in [-0.05, 0) is 41.4 Å². The summed E-state index contributed by atoms with van der Waals surface area (Å²) in [5.74, 6) is -2.21. The van der Waals surface area contributed by atoms with E-state index in [1.54, 1.807) is 0 Å². The summed E-state index contributed by atoms with van der Waals surface area (Å²) in [7, 11) is 0. The highest BCUT2D eigenvalue weighted by molar-refractivity contribution is 9.10. The van der Waals surface area contributed by atoms with E-state index in [1.807, 2.05) is 6.92 Å². The topological polar surface area (TPSA) is 26.3 Å². The summed E-state index contributed by atoms with van der Waals surface area (Å²) in [6.07, 6.45) is 0.530. The molecule has 0 saturated carbocycles. The molecule has 0 fully saturated rings. The van der Waals surface area contributed by atoms with Gasteiger partial charge in [0.2, 0.25) is 0 Å². The molecule has 0 atom stereocenters. The standard InChI is InChI=1S/C12H13BrF2O2/c1-2-17-7-3-4-10(16)11-9(14)6-5-8(13)12(11)15/h5-6H,2-4,7H2,1H3. The van der Waals surface area contributed by atoms with Crippen LogP contribution in [0.1, 0.15) is 30.1 Å². The lowest BCUT2D eigenvalue weighted by molar-refractivity contribution is 0.0939. The van der Waals surface area contributed by atoms with Gasteiger partial charge in [0.05, 0.1) is 10.0 Å². The van der Waals surface area contributed by atoms with E-state index in [2.05, 4.69) is 15.9 Å². The lowest BCUT2D eigenvalue weighted by atomic mass is 10.1. The van der Waals surface area contributed by atoms with E-state index in [1.165, 1.54) is 6.07 Å². The minimum absolute atomic E-state index is 0.0737. The summed E-state index contributed by atoms with van der Waals surface area (Å²) < 4.78 is 32.0. The Kier molecular flexibility index (Phi) is 5.71. The van der Waals surface area contributed by atoms with Crippen molar-refractivity contribution in [3.8, 4) is 0 Å². The summed E-state index contributed by atoms with van der Waals surface area (Å²) in [5, 5.41) is 0. The molecule has 0 saturated heterocycles. The van der Waals surface area contributed by atoms with Gasteiger partial charge in [0.1, 0.15) is 5.82 Å². The molecule has 0 bridgehead atoms. The maximum atomic E-state index is 13.5. The van der Waals surface area contributed by atoms with Gasteiger partial charge in [0, 0.05) is 19.6 Å². The molecule has 0 aromatic heterocycles. The largest absolute Gasteiger partial charge is 0.382 e. The van der Waals surface area contributed by atoms with Gasteiger partial charge in [-0.1, -0.05) is 0 Å². The third kappa shape index (κ3) is 3.85. The van der Waals surface area contributed by atoms with Gasteiger partial charge in [-0.15, -0.1) is 0 Å². The van der Waals surface area contributed by atoms with E-state index in [0.29, 0.717) is 19.6 Å². The van der Waals surface area contributed by atoms with Crippen LogP contribution >= 0.6 is 15.9 Å². The molecule has 0 heterocycles. The molecule has 17 heavy (non-hydrogen) atoms. The highest BCUT2D eigenvalue weighted by Crippen LogP contribution is 2.23. The average Bonchev–Trinajstić information content (AvgIpc) is 2.30. The summed E-state index contributed by atoms with van der Waals surface area (Å²) >= 11 is 2.92. The first-order valence-corrected chi connectivity index (χ1v) is 6.11. The van der Waals surface area contributed by atoms with Crippen molar-refractivity contribution in [2.45, 2.75) is 19.8 Å². The quantitative estimate of drug-likeness (QED) is 0.455. The van der Waals surface area contributed by atoms with Crippen molar-refractivity contribution in [3.05, 3.63) is 33.8 Å². The second kappa shape index (κ2) is 6.81. The van der Waals surface area contributed by atoms with Crippen molar-refractivity contribution >= 4 is 21.7 Å². The maximum Gasteiger partial charge on any atom is 0.168 e. The molecular formula is C12H13BrF2O2. The Hall–Kier alpha value is -0.810. The molecular weight excluding hydrogens is 294 g/mol. The van der Waals surface area contributed by atoms with Gasteiger partial charge >= 0.3 is 0 Å². The number of benzene rings is 1. The normalized spacial score (nSPS) is 10.6. The number of hydrogen-bond acceptors (Lipinski definition) is 2. The zero-order valence-corrected chi connectivity index (χ0v) is 11.0.